The van der Waals surface area contributed by atoms with E-state index in [1.807, 2.05) is 0 Å². The van der Waals surface area contributed by atoms with E-state index < -0.39 is 33.2 Å². The minimum absolute atomic E-state index is 0.126. The van der Waals surface area contributed by atoms with Crippen LogP contribution in [-0.4, -0.2) is 10.2 Å². The number of rotatable bonds is 2. The van der Waals surface area contributed by atoms with Gasteiger partial charge >= 0.3 is 6.18 Å². The molecular formula is C8H2BrClF3NO3. The first kappa shape index (κ1) is 13.9. The van der Waals surface area contributed by atoms with E-state index in [0.717, 1.165) is 6.07 Å². The van der Waals surface area contributed by atoms with Gasteiger partial charge in [-0.05, 0) is 23.7 Å². The van der Waals surface area contributed by atoms with Gasteiger partial charge in [-0.1, -0.05) is 15.9 Å². The second-order valence-corrected chi connectivity index (χ2v) is 4.14. The van der Waals surface area contributed by atoms with E-state index in [4.69, 9.17) is 11.6 Å². The fourth-order valence-corrected chi connectivity index (χ4v) is 1.76. The maximum absolute atomic E-state index is 12.6. The SMILES string of the molecule is O=C(Cl)c1cc(Br)cc(C(F)(F)F)c1[N+](=O)[O-]. The van der Waals surface area contributed by atoms with Crippen molar-refractivity contribution in [3.05, 3.63) is 37.8 Å². The molecule has 17 heavy (non-hydrogen) atoms. The number of alkyl halides is 3. The fourth-order valence-electron chi connectivity index (χ4n) is 1.16. The first-order chi connectivity index (χ1) is 7.64. The van der Waals surface area contributed by atoms with Crippen LogP contribution >= 0.6 is 27.5 Å². The average Bonchev–Trinajstić information content (AvgIpc) is 2.14. The van der Waals surface area contributed by atoms with E-state index in [2.05, 4.69) is 15.9 Å². The molecule has 0 fully saturated rings. The molecule has 0 atom stereocenters. The molecule has 1 rings (SSSR count). The Morgan fingerprint density at radius 2 is 1.94 bits per heavy atom. The number of carbonyl (C=O) groups is 1. The summed E-state index contributed by atoms with van der Waals surface area (Å²) < 4.78 is 37.5. The maximum atomic E-state index is 12.6. The Morgan fingerprint density at radius 3 is 2.29 bits per heavy atom. The molecule has 0 spiro atoms. The highest BCUT2D eigenvalue weighted by Crippen LogP contribution is 2.40. The van der Waals surface area contributed by atoms with Crippen molar-refractivity contribution in [2.24, 2.45) is 0 Å². The van der Waals surface area contributed by atoms with E-state index >= 15 is 0 Å². The molecule has 0 unspecified atom stereocenters. The lowest BCUT2D eigenvalue weighted by Crippen LogP contribution is -2.12. The molecule has 92 valence electrons. The Balaban J connectivity index is 3.70. The van der Waals surface area contributed by atoms with Gasteiger partial charge in [-0.25, -0.2) is 0 Å². The van der Waals surface area contributed by atoms with Crippen molar-refractivity contribution in [2.45, 2.75) is 6.18 Å². The van der Waals surface area contributed by atoms with Crippen LogP contribution in [0.2, 0.25) is 0 Å². The molecule has 1 aromatic carbocycles. The van der Waals surface area contributed by atoms with Gasteiger partial charge in [0.25, 0.3) is 10.9 Å². The molecule has 0 amide bonds. The van der Waals surface area contributed by atoms with E-state index in [9.17, 15) is 28.1 Å². The molecule has 0 aliphatic carbocycles. The van der Waals surface area contributed by atoms with Gasteiger partial charge in [-0.3, -0.25) is 14.9 Å². The van der Waals surface area contributed by atoms with Crippen LogP contribution < -0.4 is 0 Å². The Morgan fingerprint density at radius 1 is 1.41 bits per heavy atom. The number of halogens is 5. The zero-order chi connectivity index (χ0) is 13.4. The van der Waals surface area contributed by atoms with Gasteiger partial charge in [0, 0.05) is 4.47 Å². The maximum Gasteiger partial charge on any atom is 0.423 e. The van der Waals surface area contributed by atoms with Crippen LogP contribution in [0.15, 0.2) is 16.6 Å². The van der Waals surface area contributed by atoms with Crippen LogP contribution in [0.25, 0.3) is 0 Å². The van der Waals surface area contributed by atoms with Crippen molar-refractivity contribution in [3.63, 3.8) is 0 Å². The molecule has 0 saturated carbocycles. The molecular weight excluding hydrogens is 330 g/mol. The topological polar surface area (TPSA) is 60.2 Å². The molecule has 4 nitrogen and oxygen atoms in total. The second kappa shape index (κ2) is 4.61. The van der Waals surface area contributed by atoms with E-state index in [1.165, 1.54) is 0 Å². The third-order valence-corrected chi connectivity index (χ3v) is 2.44. The van der Waals surface area contributed by atoms with E-state index in [0.29, 0.717) is 6.07 Å². The van der Waals surface area contributed by atoms with Crippen molar-refractivity contribution >= 4 is 38.5 Å². The summed E-state index contributed by atoms with van der Waals surface area (Å²) in [5, 5.41) is 9.25. The average molecular weight is 332 g/mol. The lowest BCUT2D eigenvalue weighted by molar-refractivity contribution is -0.388. The monoisotopic (exact) mass is 331 g/mol. The molecule has 0 bridgehead atoms. The van der Waals surface area contributed by atoms with Crippen molar-refractivity contribution in [1.82, 2.24) is 0 Å². The van der Waals surface area contributed by atoms with E-state index in [-0.39, 0.29) is 4.47 Å². The summed E-state index contributed by atoms with van der Waals surface area (Å²) in [6, 6.07) is 1.38. The van der Waals surface area contributed by atoms with Gasteiger partial charge in [0.15, 0.2) is 0 Å². The summed E-state index contributed by atoms with van der Waals surface area (Å²) in [6.45, 7) is 0. The number of nitrogens with zero attached hydrogens (tertiary/aromatic N) is 1. The second-order valence-electron chi connectivity index (χ2n) is 2.88. The fraction of sp³-hybridized carbons (Fsp3) is 0.125. The Kier molecular flexibility index (Phi) is 3.78. The van der Waals surface area contributed by atoms with Gasteiger partial charge in [0.1, 0.15) is 11.1 Å². The van der Waals surface area contributed by atoms with Gasteiger partial charge in [-0.15, -0.1) is 0 Å². The summed E-state index contributed by atoms with van der Waals surface area (Å²) in [4.78, 5) is 20.2. The van der Waals surface area contributed by atoms with Crippen LogP contribution in [0.5, 0.6) is 0 Å². The Labute approximate surface area is 106 Å². The van der Waals surface area contributed by atoms with Crippen molar-refractivity contribution in [3.8, 4) is 0 Å². The minimum Gasteiger partial charge on any atom is -0.275 e. The van der Waals surface area contributed by atoms with Crippen molar-refractivity contribution in [1.29, 1.82) is 0 Å². The quantitative estimate of drug-likeness (QED) is 0.471. The largest absolute Gasteiger partial charge is 0.423 e. The Bertz CT molecular complexity index is 504. The zero-order valence-corrected chi connectivity index (χ0v) is 10.1. The summed E-state index contributed by atoms with van der Waals surface area (Å²) in [6.07, 6.45) is -4.95. The van der Waals surface area contributed by atoms with Crippen molar-refractivity contribution in [2.75, 3.05) is 0 Å². The molecule has 9 heteroatoms. The predicted octanol–water partition coefficient (Wildman–Crippen LogP) is 3.76. The summed E-state index contributed by atoms with van der Waals surface area (Å²) >= 11 is 7.74. The number of nitro groups is 1. The van der Waals surface area contributed by atoms with Gasteiger partial charge in [0.05, 0.1) is 4.92 Å². The normalized spacial score (nSPS) is 11.4. The summed E-state index contributed by atoms with van der Waals surface area (Å²) in [5.74, 6) is 0. The molecule has 0 aliphatic heterocycles. The van der Waals surface area contributed by atoms with Crippen LogP contribution in [0.3, 0.4) is 0 Å². The van der Waals surface area contributed by atoms with Crippen LogP contribution in [0, 0.1) is 10.1 Å². The lowest BCUT2D eigenvalue weighted by atomic mass is 10.1. The predicted molar refractivity (Wildman–Crippen MR) is 56.0 cm³/mol. The van der Waals surface area contributed by atoms with Crippen molar-refractivity contribution < 1.29 is 22.9 Å². The molecule has 1 aromatic rings. The molecule has 0 heterocycles. The number of nitro benzene ring substituents is 1. The van der Waals surface area contributed by atoms with Gasteiger partial charge in [-0.2, -0.15) is 13.2 Å². The van der Waals surface area contributed by atoms with Crippen LogP contribution in [-0.2, 0) is 6.18 Å². The third kappa shape index (κ3) is 2.95. The van der Waals surface area contributed by atoms with Crippen LogP contribution in [0.4, 0.5) is 18.9 Å². The lowest BCUT2D eigenvalue weighted by Gasteiger charge is -2.09. The standard InChI is InChI=1S/C8H2BrClF3NO3/c9-3-1-4(7(10)15)6(14(16)17)5(2-3)8(11,12)13/h1-2H. The van der Waals surface area contributed by atoms with Crippen LogP contribution in [0.1, 0.15) is 15.9 Å². The number of benzene rings is 1. The highest BCUT2D eigenvalue weighted by molar-refractivity contribution is 9.10. The molecule has 0 radical (unpaired) electrons. The Hall–Kier alpha value is -1.15. The summed E-state index contributed by atoms with van der Waals surface area (Å²) in [7, 11) is 0. The molecule has 0 aromatic heterocycles. The smallest absolute Gasteiger partial charge is 0.275 e. The third-order valence-electron chi connectivity index (χ3n) is 1.77. The first-order valence-corrected chi connectivity index (χ1v) is 5.06. The zero-order valence-electron chi connectivity index (χ0n) is 7.72. The number of hydrogen-bond donors (Lipinski definition) is 0. The molecule has 0 aliphatic rings. The first-order valence-electron chi connectivity index (χ1n) is 3.89. The van der Waals surface area contributed by atoms with Gasteiger partial charge < -0.3 is 0 Å². The minimum atomic E-state index is -4.95. The molecule has 0 saturated heterocycles. The van der Waals surface area contributed by atoms with Gasteiger partial charge in [0.2, 0.25) is 0 Å². The number of hydrogen-bond acceptors (Lipinski definition) is 3. The summed E-state index contributed by atoms with van der Waals surface area (Å²) in [5.41, 5.74) is -3.68. The number of carbonyl (C=O) groups excluding carboxylic acids is 1. The highest BCUT2D eigenvalue weighted by atomic mass is 79.9. The highest BCUT2D eigenvalue weighted by Gasteiger charge is 2.41. The van der Waals surface area contributed by atoms with E-state index in [1.54, 1.807) is 0 Å². The molecule has 0 N–H and O–H groups in total.